The van der Waals surface area contributed by atoms with Crippen molar-refractivity contribution in [3.8, 4) is 0 Å². The van der Waals surface area contributed by atoms with Crippen molar-refractivity contribution < 1.29 is 50.4 Å². The van der Waals surface area contributed by atoms with E-state index in [2.05, 4.69) is 0 Å². The lowest BCUT2D eigenvalue weighted by Crippen LogP contribution is -2.33. The standard InChI is InChI=1S/C18H24F6O6S4/c19-17(20,21)33(25,26)29-31(10-4-5-11-31)14-16(15-8-2-1-3-9-15)32(12-6-7-13-32)30-34(27,28)18(22,23)24/h1-3,8-9,16H,4-7,10-14H2. The van der Waals surface area contributed by atoms with Crippen LogP contribution in [-0.4, -0.2) is 56.6 Å². The molecule has 2 fully saturated rings. The quantitative estimate of drug-likeness (QED) is 0.300. The minimum atomic E-state index is -6.00. The Bertz CT molecular complexity index is 1060. The van der Waals surface area contributed by atoms with Crippen LogP contribution < -0.4 is 0 Å². The fraction of sp³-hybridized carbons (Fsp3) is 0.667. The van der Waals surface area contributed by atoms with Crippen molar-refractivity contribution in [3.05, 3.63) is 35.9 Å². The Hall–Kier alpha value is -0.680. The summed E-state index contributed by atoms with van der Waals surface area (Å²) in [6.45, 7) is 0. The first kappa shape index (κ1) is 27.9. The number of hydrogen-bond donors (Lipinski definition) is 0. The van der Waals surface area contributed by atoms with Gasteiger partial charge in [0.1, 0.15) is 0 Å². The molecule has 0 aliphatic carbocycles. The van der Waals surface area contributed by atoms with Crippen LogP contribution in [0.15, 0.2) is 30.3 Å². The van der Waals surface area contributed by atoms with Crippen molar-refractivity contribution in [2.45, 2.75) is 41.9 Å². The molecule has 34 heavy (non-hydrogen) atoms. The lowest BCUT2D eigenvalue weighted by molar-refractivity contribution is -0.0501. The molecule has 2 heterocycles. The van der Waals surface area contributed by atoms with Gasteiger partial charge in [0.2, 0.25) is 0 Å². The van der Waals surface area contributed by atoms with Gasteiger partial charge in [0.15, 0.2) is 0 Å². The molecule has 1 unspecified atom stereocenters. The largest absolute Gasteiger partial charge is 0.523 e. The van der Waals surface area contributed by atoms with E-state index in [9.17, 15) is 43.2 Å². The third-order valence-electron chi connectivity index (χ3n) is 5.68. The average molecular weight is 579 g/mol. The maximum Gasteiger partial charge on any atom is 0.523 e. The van der Waals surface area contributed by atoms with Crippen LogP contribution >= 0.6 is 20.6 Å². The van der Waals surface area contributed by atoms with Crippen LogP contribution in [0.25, 0.3) is 0 Å². The Morgan fingerprint density at radius 2 is 1.18 bits per heavy atom. The summed E-state index contributed by atoms with van der Waals surface area (Å²) in [4.78, 5) is 0. The highest BCUT2D eigenvalue weighted by Crippen LogP contribution is 2.72. The number of halogens is 6. The summed E-state index contributed by atoms with van der Waals surface area (Å²) in [7, 11) is -18.0. The molecule has 6 nitrogen and oxygen atoms in total. The van der Waals surface area contributed by atoms with Crippen LogP contribution in [0.2, 0.25) is 0 Å². The lowest BCUT2D eigenvalue weighted by atomic mass is 10.2. The number of rotatable bonds is 8. The summed E-state index contributed by atoms with van der Waals surface area (Å²) in [5.74, 6) is -0.345. The van der Waals surface area contributed by atoms with Gasteiger partial charge in [0.05, 0.1) is 0 Å². The zero-order valence-corrected chi connectivity index (χ0v) is 20.9. The molecule has 0 amide bonds. The predicted octanol–water partition coefficient (Wildman–Crippen LogP) is 5.49. The molecule has 3 rings (SSSR count). The zero-order valence-electron chi connectivity index (χ0n) is 17.7. The maximum absolute atomic E-state index is 13.2. The van der Waals surface area contributed by atoms with Crippen molar-refractivity contribution in [2.24, 2.45) is 0 Å². The van der Waals surface area contributed by atoms with Crippen molar-refractivity contribution in [2.75, 3.05) is 28.8 Å². The van der Waals surface area contributed by atoms with Crippen LogP contribution in [0.4, 0.5) is 26.3 Å². The van der Waals surface area contributed by atoms with Gasteiger partial charge in [-0.2, -0.15) is 43.2 Å². The number of hydrogen-bond acceptors (Lipinski definition) is 6. The topological polar surface area (TPSA) is 86.7 Å². The SMILES string of the molecule is O=S(=O)(OS1(CC(c2ccccc2)S2(OS(=O)(=O)C(F)(F)F)CCCC2)CCCC1)C(F)(F)F. The molecule has 0 bridgehead atoms. The van der Waals surface area contributed by atoms with Crippen molar-refractivity contribution >= 4 is 40.9 Å². The molecular formula is C18H24F6O6S4. The maximum atomic E-state index is 13.2. The first-order chi connectivity index (χ1) is 15.5. The van der Waals surface area contributed by atoms with E-state index in [1.165, 1.54) is 12.1 Å². The first-order valence-corrected chi connectivity index (χ1v) is 17.0. The van der Waals surface area contributed by atoms with E-state index >= 15 is 0 Å². The third-order valence-corrected chi connectivity index (χ3v) is 17.1. The van der Waals surface area contributed by atoms with Gasteiger partial charge in [-0.15, -0.1) is 20.6 Å². The molecule has 2 saturated heterocycles. The van der Waals surface area contributed by atoms with Crippen LogP contribution in [0.3, 0.4) is 0 Å². The minimum Gasteiger partial charge on any atom is -0.213 e. The summed E-state index contributed by atoms with van der Waals surface area (Å²) >= 11 is 0. The van der Waals surface area contributed by atoms with Gasteiger partial charge < -0.3 is 0 Å². The Morgan fingerprint density at radius 3 is 1.65 bits per heavy atom. The Labute approximate surface area is 197 Å². The number of alkyl halides is 6. The van der Waals surface area contributed by atoms with Gasteiger partial charge in [-0.3, -0.25) is 0 Å². The van der Waals surface area contributed by atoms with Gasteiger partial charge in [-0.1, -0.05) is 30.3 Å². The highest BCUT2D eigenvalue weighted by atomic mass is 32.3. The summed E-state index contributed by atoms with van der Waals surface area (Å²) < 4.78 is 137. The predicted molar refractivity (Wildman–Crippen MR) is 119 cm³/mol. The average Bonchev–Trinajstić information content (AvgIpc) is 3.35. The number of benzene rings is 1. The van der Waals surface area contributed by atoms with Crippen LogP contribution in [0.1, 0.15) is 36.5 Å². The molecule has 1 aromatic rings. The fourth-order valence-corrected chi connectivity index (χ4v) is 16.7. The van der Waals surface area contributed by atoms with E-state index in [0.29, 0.717) is 31.2 Å². The van der Waals surface area contributed by atoms with E-state index in [1.807, 2.05) is 0 Å². The van der Waals surface area contributed by atoms with Crippen LogP contribution in [0, 0.1) is 0 Å². The second-order valence-electron chi connectivity index (χ2n) is 8.07. The molecule has 0 N–H and O–H groups in total. The van der Waals surface area contributed by atoms with Gasteiger partial charge in [-0.25, -0.2) is 7.26 Å². The first-order valence-electron chi connectivity index (χ1n) is 10.2. The molecule has 0 saturated carbocycles. The van der Waals surface area contributed by atoms with E-state index < -0.39 is 57.1 Å². The van der Waals surface area contributed by atoms with E-state index in [-0.39, 0.29) is 28.8 Å². The Morgan fingerprint density at radius 1 is 0.735 bits per heavy atom. The van der Waals surface area contributed by atoms with Crippen LogP contribution in [-0.2, 0) is 27.5 Å². The summed E-state index contributed by atoms with van der Waals surface area (Å²) in [6.07, 6.45) is 1.51. The molecule has 198 valence electrons. The van der Waals surface area contributed by atoms with Gasteiger partial charge in [0.25, 0.3) is 0 Å². The lowest BCUT2D eigenvalue weighted by Gasteiger charge is -2.46. The molecule has 16 heteroatoms. The molecule has 2 aliphatic heterocycles. The zero-order chi connectivity index (χ0) is 25.5. The van der Waals surface area contributed by atoms with E-state index in [0.717, 1.165) is 0 Å². The van der Waals surface area contributed by atoms with Crippen molar-refractivity contribution in [1.29, 1.82) is 0 Å². The smallest absolute Gasteiger partial charge is 0.213 e. The van der Waals surface area contributed by atoms with Crippen molar-refractivity contribution in [3.63, 3.8) is 0 Å². The van der Waals surface area contributed by atoms with Gasteiger partial charge >= 0.3 is 31.3 Å². The minimum absolute atomic E-state index is 0.00713. The summed E-state index contributed by atoms with van der Waals surface area (Å²) in [6, 6.07) is 7.80. The molecule has 0 radical (unpaired) electrons. The second kappa shape index (κ2) is 9.65. The fourth-order valence-electron chi connectivity index (χ4n) is 4.15. The monoisotopic (exact) mass is 578 g/mol. The normalized spacial score (nSPS) is 23.9. The molecule has 0 aromatic heterocycles. The van der Waals surface area contributed by atoms with Gasteiger partial charge in [-0.05, 0) is 31.2 Å². The molecule has 1 atom stereocenters. The van der Waals surface area contributed by atoms with Crippen molar-refractivity contribution in [1.82, 2.24) is 0 Å². The summed E-state index contributed by atoms with van der Waals surface area (Å²) in [5, 5.41) is -1.05. The summed E-state index contributed by atoms with van der Waals surface area (Å²) in [5.41, 5.74) is -11.0. The van der Waals surface area contributed by atoms with E-state index in [4.69, 9.17) is 7.26 Å². The highest BCUT2D eigenvalue weighted by Gasteiger charge is 2.56. The third kappa shape index (κ3) is 5.82. The molecule has 2 aliphatic rings. The molecule has 1 aromatic carbocycles. The second-order valence-corrected chi connectivity index (χ2v) is 18.1. The molecular weight excluding hydrogens is 554 g/mol. The Kier molecular flexibility index (Phi) is 7.92. The van der Waals surface area contributed by atoms with E-state index in [1.54, 1.807) is 18.2 Å². The highest BCUT2D eigenvalue weighted by molar-refractivity contribution is 8.36. The molecule has 0 spiro atoms. The van der Waals surface area contributed by atoms with Gasteiger partial charge in [0, 0.05) is 34.0 Å². The Balaban J connectivity index is 2.09. The van der Waals surface area contributed by atoms with Crippen LogP contribution in [0.5, 0.6) is 0 Å².